The third-order valence-corrected chi connectivity index (χ3v) is 4.53. The molecule has 2 rings (SSSR count). The van der Waals surface area contributed by atoms with Gasteiger partial charge in [-0.05, 0) is 31.6 Å². The second-order valence-corrected chi connectivity index (χ2v) is 6.07. The average Bonchev–Trinajstić information content (AvgIpc) is 3.01. The highest BCUT2D eigenvalue weighted by atomic mass is 16.5. The molecule has 2 aliphatic heterocycles. The van der Waals surface area contributed by atoms with Gasteiger partial charge in [0, 0.05) is 25.7 Å². The van der Waals surface area contributed by atoms with E-state index in [1.165, 1.54) is 7.11 Å². The molecule has 3 atom stereocenters. The van der Waals surface area contributed by atoms with Gasteiger partial charge >= 0.3 is 12.1 Å². The Hall–Kier alpha value is -1.67. The molecule has 2 saturated heterocycles. The maximum atomic E-state index is 12.6. The summed E-state index contributed by atoms with van der Waals surface area (Å²) >= 11 is 0. The van der Waals surface area contributed by atoms with Crippen LogP contribution in [0, 0.1) is 5.92 Å². The van der Waals surface area contributed by atoms with Crippen molar-refractivity contribution in [1.82, 2.24) is 10.6 Å². The number of rotatable bonds is 6. The van der Waals surface area contributed by atoms with Gasteiger partial charge in [0.25, 0.3) is 0 Å². The van der Waals surface area contributed by atoms with E-state index in [2.05, 4.69) is 15.4 Å². The molecule has 0 spiro atoms. The van der Waals surface area contributed by atoms with Crippen LogP contribution in [0.5, 0.6) is 0 Å². The number of nitrogens with one attached hydrogen (secondary N) is 2. The van der Waals surface area contributed by atoms with E-state index in [-0.39, 0.29) is 24.2 Å². The molecule has 3 N–H and O–H groups in total. The molecule has 2 aliphatic rings. The first-order valence-electron chi connectivity index (χ1n) is 7.95. The van der Waals surface area contributed by atoms with E-state index in [1.54, 1.807) is 0 Å². The molecule has 0 aliphatic carbocycles. The Kier molecular flexibility index (Phi) is 6.35. The minimum atomic E-state index is -0.895. The van der Waals surface area contributed by atoms with Gasteiger partial charge < -0.3 is 25.2 Å². The molecule has 0 aromatic heterocycles. The van der Waals surface area contributed by atoms with Crippen LogP contribution in [-0.4, -0.2) is 61.4 Å². The van der Waals surface area contributed by atoms with Crippen molar-refractivity contribution in [2.75, 3.05) is 20.3 Å². The molecule has 1 amide bonds. The summed E-state index contributed by atoms with van der Waals surface area (Å²) in [5.74, 6) is -0.966. The number of ether oxygens (including phenoxy) is 2. The van der Waals surface area contributed by atoms with Gasteiger partial charge in [-0.2, -0.15) is 0 Å². The third kappa shape index (κ3) is 4.90. The fraction of sp³-hybridized carbons (Fsp3) is 0.800. The zero-order chi connectivity index (χ0) is 16.8. The number of hydrogen-bond donors (Lipinski definition) is 3. The topological polar surface area (TPSA) is 114 Å². The molecule has 2 fully saturated rings. The second-order valence-electron chi connectivity index (χ2n) is 6.07. The van der Waals surface area contributed by atoms with E-state index in [9.17, 15) is 14.4 Å². The van der Waals surface area contributed by atoms with Crippen LogP contribution < -0.4 is 10.6 Å². The SMILES string of the molecule is COC(=O)NC(C(=O)C[C@@H]1CC[C@@H](C(=O)O)N1)C1CCOCC1. The summed E-state index contributed by atoms with van der Waals surface area (Å²) in [5.41, 5.74) is 0. The molecule has 0 bridgehead atoms. The van der Waals surface area contributed by atoms with E-state index in [4.69, 9.17) is 9.84 Å². The predicted molar refractivity (Wildman–Crippen MR) is 80.1 cm³/mol. The van der Waals surface area contributed by atoms with Crippen LogP contribution in [0.2, 0.25) is 0 Å². The van der Waals surface area contributed by atoms with E-state index in [0.717, 1.165) is 0 Å². The summed E-state index contributed by atoms with van der Waals surface area (Å²) in [7, 11) is 1.26. The number of carboxylic acids is 1. The Bertz CT molecular complexity index is 449. The van der Waals surface area contributed by atoms with Crippen molar-refractivity contribution in [3.05, 3.63) is 0 Å². The highest BCUT2D eigenvalue weighted by molar-refractivity contribution is 5.88. The smallest absolute Gasteiger partial charge is 0.407 e. The van der Waals surface area contributed by atoms with Crippen LogP contribution in [0.3, 0.4) is 0 Å². The van der Waals surface area contributed by atoms with Gasteiger partial charge in [-0.25, -0.2) is 4.79 Å². The van der Waals surface area contributed by atoms with E-state index >= 15 is 0 Å². The largest absolute Gasteiger partial charge is 0.480 e. The standard InChI is InChI=1S/C15H24N2O6/c1-22-15(21)17-13(9-4-6-23-7-5-9)12(18)8-10-2-3-11(16-10)14(19)20/h9-11,13,16H,2-8H2,1H3,(H,17,21)(H,19,20)/t10-,11-,13?/m0/s1. The molecule has 130 valence electrons. The van der Waals surface area contributed by atoms with Crippen LogP contribution in [0.15, 0.2) is 0 Å². The van der Waals surface area contributed by atoms with Crippen molar-refractivity contribution in [2.45, 2.75) is 50.2 Å². The van der Waals surface area contributed by atoms with E-state index < -0.39 is 24.1 Å². The van der Waals surface area contributed by atoms with Crippen LogP contribution in [0.1, 0.15) is 32.1 Å². The monoisotopic (exact) mass is 328 g/mol. The molecule has 23 heavy (non-hydrogen) atoms. The molecule has 0 aromatic carbocycles. The second kappa shape index (κ2) is 8.26. The Morgan fingerprint density at radius 1 is 1.26 bits per heavy atom. The number of hydrogen-bond acceptors (Lipinski definition) is 6. The summed E-state index contributed by atoms with van der Waals surface area (Å²) < 4.78 is 9.92. The molecule has 0 saturated carbocycles. The zero-order valence-electron chi connectivity index (χ0n) is 13.2. The normalized spacial score (nSPS) is 26.5. The molecular weight excluding hydrogens is 304 g/mol. The van der Waals surface area contributed by atoms with Crippen LogP contribution >= 0.6 is 0 Å². The fourth-order valence-electron chi connectivity index (χ4n) is 3.24. The number of aliphatic carboxylic acids is 1. The summed E-state index contributed by atoms with van der Waals surface area (Å²) in [6.45, 7) is 1.14. The number of carboxylic acid groups (broad SMARTS) is 1. The lowest BCUT2D eigenvalue weighted by atomic mass is 9.87. The summed E-state index contributed by atoms with van der Waals surface area (Å²) in [6.07, 6.45) is 2.14. The lowest BCUT2D eigenvalue weighted by molar-refractivity contribution is -0.139. The maximum Gasteiger partial charge on any atom is 0.407 e. The number of alkyl carbamates (subject to hydrolysis) is 1. The van der Waals surface area contributed by atoms with Gasteiger partial charge in [0.2, 0.25) is 0 Å². The van der Waals surface area contributed by atoms with Gasteiger partial charge in [0.15, 0.2) is 5.78 Å². The van der Waals surface area contributed by atoms with Crippen LogP contribution in [0.25, 0.3) is 0 Å². The van der Waals surface area contributed by atoms with Crippen molar-refractivity contribution < 1.29 is 29.0 Å². The Morgan fingerprint density at radius 3 is 2.52 bits per heavy atom. The highest BCUT2D eigenvalue weighted by Gasteiger charge is 2.35. The fourth-order valence-corrected chi connectivity index (χ4v) is 3.24. The molecular formula is C15H24N2O6. The number of carbonyl (C=O) groups is 3. The quantitative estimate of drug-likeness (QED) is 0.642. The summed E-state index contributed by atoms with van der Waals surface area (Å²) in [6, 6.07) is -1.37. The maximum absolute atomic E-state index is 12.6. The lowest BCUT2D eigenvalue weighted by Gasteiger charge is -2.30. The van der Waals surface area contributed by atoms with E-state index in [1.807, 2.05) is 0 Å². The molecule has 0 radical (unpaired) electrons. The number of carbonyl (C=O) groups excluding carboxylic acids is 2. The molecule has 0 aromatic rings. The number of ketones is 1. The van der Waals surface area contributed by atoms with Crippen molar-refractivity contribution in [3.63, 3.8) is 0 Å². The van der Waals surface area contributed by atoms with Crippen LogP contribution in [-0.2, 0) is 19.1 Å². The highest BCUT2D eigenvalue weighted by Crippen LogP contribution is 2.23. The predicted octanol–water partition coefficient (Wildman–Crippen LogP) is 0.302. The summed E-state index contributed by atoms with van der Waals surface area (Å²) in [4.78, 5) is 35.1. The lowest BCUT2D eigenvalue weighted by Crippen LogP contribution is -2.49. The molecule has 8 heteroatoms. The van der Waals surface area contributed by atoms with Crippen molar-refractivity contribution in [3.8, 4) is 0 Å². The van der Waals surface area contributed by atoms with Gasteiger partial charge in [-0.15, -0.1) is 0 Å². The molecule has 1 unspecified atom stereocenters. The number of Topliss-reactive ketones (excluding diaryl/α,β-unsaturated/α-hetero) is 1. The van der Waals surface area contributed by atoms with Crippen molar-refractivity contribution in [1.29, 1.82) is 0 Å². The molecule has 8 nitrogen and oxygen atoms in total. The van der Waals surface area contributed by atoms with E-state index in [0.29, 0.717) is 38.9 Å². The zero-order valence-corrected chi connectivity index (χ0v) is 13.2. The van der Waals surface area contributed by atoms with Gasteiger partial charge in [-0.1, -0.05) is 0 Å². The van der Waals surface area contributed by atoms with Crippen LogP contribution in [0.4, 0.5) is 4.79 Å². The third-order valence-electron chi connectivity index (χ3n) is 4.53. The minimum absolute atomic E-state index is 0.0204. The average molecular weight is 328 g/mol. The number of methoxy groups -OCH3 is 1. The van der Waals surface area contributed by atoms with Gasteiger partial charge in [-0.3, -0.25) is 9.59 Å². The number of amides is 1. The summed E-state index contributed by atoms with van der Waals surface area (Å²) in [5, 5.41) is 14.6. The first kappa shape index (κ1) is 17.7. The first-order chi connectivity index (χ1) is 11.0. The van der Waals surface area contributed by atoms with Gasteiger partial charge in [0.1, 0.15) is 6.04 Å². The Morgan fingerprint density at radius 2 is 1.96 bits per heavy atom. The molecule has 2 heterocycles. The van der Waals surface area contributed by atoms with Crippen molar-refractivity contribution >= 4 is 17.8 Å². The minimum Gasteiger partial charge on any atom is -0.480 e. The first-order valence-corrected chi connectivity index (χ1v) is 7.95. The van der Waals surface area contributed by atoms with Crippen molar-refractivity contribution in [2.24, 2.45) is 5.92 Å². The Balaban J connectivity index is 1.95. The Labute approximate surface area is 134 Å². The van der Waals surface area contributed by atoms with Gasteiger partial charge in [0.05, 0.1) is 13.2 Å².